The molecule has 0 atom stereocenters. The molecule has 3 N–H and O–H groups in total. The lowest BCUT2D eigenvalue weighted by Crippen LogP contribution is -2.23. The van der Waals surface area contributed by atoms with Crippen molar-refractivity contribution >= 4 is 106 Å². The average molecular weight is 1100 g/mol. The normalized spacial score (nSPS) is 14.4. The summed E-state index contributed by atoms with van der Waals surface area (Å²) in [5.41, 5.74) is 8.39. The molecule has 68 heavy (non-hydrogen) atoms. The highest BCUT2D eigenvalue weighted by Crippen LogP contribution is 2.34. The molecule has 2 aliphatic rings. The second-order valence-corrected chi connectivity index (χ2v) is 23.7. The van der Waals surface area contributed by atoms with Crippen LogP contribution >= 0.6 is 47.3 Å². The van der Waals surface area contributed by atoms with E-state index in [2.05, 4.69) is 116 Å². The van der Waals surface area contributed by atoms with Crippen LogP contribution in [0.25, 0.3) is 78.4 Å². The van der Waals surface area contributed by atoms with Gasteiger partial charge in [-0.3, -0.25) is 9.13 Å². The topological polar surface area (TPSA) is 158 Å². The molecule has 0 unspecified atom stereocenters. The molecule has 0 amide bonds. The number of imidazole rings is 2. The van der Waals surface area contributed by atoms with Gasteiger partial charge in [0.05, 0.1) is 34.6 Å². The Morgan fingerprint density at radius 2 is 1.03 bits per heavy atom. The standard InChI is InChI=1S/C26H25N5O.C25H23N5O2.BBr3/c1-17-7-9-21-22(15-17)31(25(29-21)19-8-10-23-18(16-19)12-14-32-23)24-11-13-27-26(30-24)28-20-5-3-2-4-6-20;31-19-7-8-20-21(15-19)30(24(28-20)17-6-9-22-16(14-17)11-13-32-22)23-10-12-26-25(29-23)27-18-4-2-1-3-5-18;2-1(3)4/h7-16,20H,2-6H2,1H3,(H,27,28,30);6-15,18,31H,1-5H2,(H,26,27,29);. The molecule has 344 valence electrons. The molecule has 2 saturated carbocycles. The van der Waals surface area contributed by atoms with Crippen molar-refractivity contribution < 1.29 is 13.9 Å². The van der Waals surface area contributed by atoms with Crippen LogP contribution in [0, 0.1) is 6.92 Å². The van der Waals surface area contributed by atoms with Crippen LogP contribution in [-0.4, -0.2) is 59.4 Å². The van der Waals surface area contributed by atoms with Crippen LogP contribution in [-0.2, 0) is 0 Å². The molecule has 12 rings (SSSR count). The zero-order valence-electron chi connectivity index (χ0n) is 37.3. The van der Waals surface area contributed by atoms with Crippen LogP contribution in [0.3, 0.4) is 0 Å². The van der Waals surface area contributed by atoms with Crippen molar-refractivity contribution in [3.8, 4) is 40.2 Å². The van der Waals surface area contributed by atoms with Crippen LogP contribution in [0.4, 0.5) is 11.9 Å². The zero-order chi connectivity index (χ0) is 46.6. The number of rotatable bonds is 8. The number of furan rings is 2. The van der Waals surface area contributed by atoms with Crippen molar-refractivity contribution in [1.82, 2.24) is 39.0 Å². The van der Waals surface area contributed by atoms with Gasteiger partial charge in [-0.1, -0.05) is 44.6 Å². The summed E-state index contributed by atoms with van der Waals surface area (Å²) in [7, 11) is 0. The SMILES string of the molecule is BrB(Br)Br.Cc1ccc2nc(-c3ccc4occc4c3)n(-c3ccnc(NC4CCCCC4)n3)c2c1.Oc1ccc2nc(-c3ccc4occc4c3)n(-c3ccnc(NC4CCCCC4)n3)c2c1. The number of nitrogens with one attached hydrogen (secondary N) is 2. The zero-order valence-corrected chi connectivity index (χ0v) is 42.1. The Morgan fingerprint density at radius 3 is 1.53 bits per heavy atom. The van der Waals surface area contributed by atoms with Crippen LogP contribution in [0.15, 0.2) is 131 Å². The Bertz CT molecular complexity index is 3120. The van der Waals surface area contributed by atoms with Gasteiger partial charge in [0.2, 0.25) is 11.9 Å². The first-order valence-electron chi connectivity index (χ1n) is 23.0. The molecule has 4 aromatic carbocycles. The molecular formula is C51H48BBr3N10O3. The lowest BCUT2D eigenvalue weighted by molar-refractivity contribution is 0.461. The third-order valence-corrected chi connectivity index (χ3v) is 12.5. The van der Waals surface area contributed by atoms with Gasteiger partial charge in [0.25, 0.3) is 0 Å². The lowest BCUT2D eigenvalue weighted by Gasteiger charge is -2.22. The van der Waals surface area contributed by atoms with Gasteiger partial charge < -0.3 is 24.6 Å². The quantitative estimate of drug-likeness (QED) is 0.124. The van der Waals surface area contributed by atoms with Crippen LogP contribution in [0.1, 0.15) is 69.8 Å². The summed E-state index contributed by atoms with van der Waals surface area (Å²) in [4.78, 5) is 28.6. The van der Waals surface area contributed by atoms with Gasteiger partial charge in [-0.15, -0.1) is 47.3 Å². The van der Waals surface area contributed by atoms with E-state index >= 15 is 0 Å². The number of hydrogen-bond donors (Lipinski definition) is 3. The van der Waals surface area contributed by atoms with Gasteiger partial charge in [0, 0.05) is 52.4 Å². The van der Waals surface area contributed by atoms with E-state index in [-0.39, 0.29) is 8.93 Å². The monoisotopic (exact) mass is 1100 g/mol. The highest BCUT2D eigenvalue weighted by molar-refractivity contribution is 9.69. The number of aryl methyl sites for hydroxylation is 1. The third-order valence-electron chi connectivity index (χ3n) is 12.5. The Labute approximate surface area is 418 Å². The molecule has 13 nitrogen and oxygen atoms in total. The van der Waals surface area contributed by atoms with Gasteiger partial charge >= 0.3 is 3.18 Å². The maximum absolute atomic E-state index is 10.2. The van der Waals surface area contributed by atoms with E-state index in [0.29, 0.717) is 29.8 Å². The van der Waals surface area contributed by atoms with Crippen LogP contribution in [0.2, 0.25) is 0 Å². The first-order chi connectivity index (χ1) is 33.2. The molecule has 2 fully saturated rings. The molecule has 0 spiro atoms. The second-order valence-electron chi connectivity index (χ2n) is 17.2. The number of aromatic nitrogens is 8. The summed E-state index contributed by atoms with van der Waals surface area (Å²) in [6.45, 7) is 2.10. The minimum atomic E-state index is 0.185. The van der Waals surface area contributed by atoms with Gasteiger partial charge in [-0.05, 0) is 123 Å². The average Bonchev–Trinajstić information content (AvgIpc) is 4.17. The van der Waals surface area contributed by atoms with Crippen molar-refractivity contribution in [2.75, 3.05) is 10.6 Å². The number of benzene rings is 4. The Hall–Kier alpha value is -6.04. The van der Waals surface area contributed by atoms with E-state index in [1.54, 1.807) is 30.9 Å². The summed E-state index contributed by atoms with van der Waals surface area (Å²) in [5.74, 6) is 4.60. The minimum absolute atomic E-state index is 0.185. The number of anilines is 2. The number of nitrogens with zero attached hydrogens (tertiary/aromatic N) is 8. The maximum atomic E-state index is 10.2. The fraction of sp³-hybridized carbons (Fsp3) is 0.255. The van der Waals surface area contributed by atoms with Gasteiger partial charge in [-0.25, -0.2) is 19.9 Å². The Kier molecular flexibility index (Phi) is 13.9. The highest BCUT2D eigenvalue weighted by atomic mass is 79.9. The fourth-order valence-electron chi connectivity index (χ4n) is 9.26. The smallest absolute Gasteiger partial charge is 0.369 e. The molecule has 0 bridgehead atoms. The van der Waals surface area contributed by atoms with E-state index in [9.17, 15) is 5.11 Å². The number of phenolic OH excluding ortho intramolecular Hbond substituents is 1. The molecule has 0 saturated heterocycles. The predicted molar refractivity (Wildman–Crippen MR) is 284 cm³/mol. The summed E-state index contributed by atoms with van der Waals surface area (Å²) in [6.07, 6.45) is 19.3. The lowest BCUT2D eigenvalue weighted by atomic mass is 9.96. The molecule has 2 aliphatic carbocycles. The molecule has 6 heterocycles. The molecular weight excluding hydrogens is 1050 g/mol. The first kappa shape index (κ1) is 45.7. The minimum Gasteiger partial charge on any atom is -0.508 e. The number of phenols is 1. The van der Waals surface area contributed by atoms with Crippen molar-refractivity contribution in [3.63, 3.8) is 0 Å². The molecule has 17 heteroatoms. The molecule has 0 radical (unpaired) electrons. The van der Waals surface area contributed by atoms with Crippen molar-refractivity contribution in [3.05, 3.63) is 128 Å². The number of fused-ring (bicyclic) bond motifs is 4. The second kappa shape index (κ2) is 20.7. The maximum Gasteiger partial charge on any atom is 0.369 e. The van der Waals surface area contributed by atoms with Gasteiger partial charge in [-0.2, -0.15) is 9.97 Å². The van der Waals surface area contributed by atoms with Crippen LogP contribution < -0.4 is 10.6 Å². The summed E-state index contributed by atoms with van der Waals surface area (Å²) < 4.78 is 15.4. The highest BCUT2D eigenvalue weighted by Gasteiger charge is 2.21. The van der Waals surface area contributed by atoms with E-state index in [1.165, 1.54) is 56.9 Å². The summed E-state index contributed by atoms with van der Waals surface area (Å²) in [5, 5.41) is 19.3. The number of halogens is 3. The van der Waals surface area contributed by atoms with E-state index in [4.69, 9.17) is 28.8 Å². The van der Waals surface area contributed by atoms with E-state index < -0.39 is 0 Å². The van der Waals surface area contributed by atoms with Crippen molar-refractivity contribution in [2.45, 2.75) is 83.2 Å². The van der Waals surface area contributed by atoms with Gasteiger partial charge in [0.1, 0.15) is 40.2 Å². The van der Waals surface area contributed by atoms with Crippen LogP contribution in [0.5, 0.6) is 5.75 Å². The first-order valence-corrected chi connectivity index (χ1v) is 25.7. The summed E-state index contributed by atoms with van der Waals surface area (Å²) >= 11 is 9.31. The van der Waals surface area contributed by atoms with E-state index in [1.807, 2.05) is 59.3 Å². The largest absolute Gasteiger partial charge is 0.508 e. The van der Waals surface area contributed by atoms with Gasteiger partial charge in [0.15, 0.2) is 0 Å². The van der Waals surface area contributed by atoms with E-state index in [0.717, 1.165) is 85.4 Å². The van der Waals surface area contributed by atoms with Crippen molar-refractivity contribution in [1.29, 1.82) is 0 Å². The molecule has 6 aromatic heterocycles. The third kappa shape index (κ3) is 10.3. The molecule has 0 aliphatic heterocycles. The molecule has 10 aromatic rings. The Morgan fingerprint density at radius 1 is 0.559 bits per heavy atom. The number of aromatic hydroxyl groups is 1. The fourth-order valence-corrected chi connectivity index (χ4v) is 9.26. The predicted octanol–water partition coefficient (Wildman–Crippen LogP) is 14.1. The summed E-state index contributed by atoms with van der Waals surface area (Å²) in [6, 6.07) is 32.3. The Balaban J connectivity index is 0.000000147. The number of hydrogen-bond acceptors (Lipinski definition) is 11. The van der Waals surface area contributed by atoms with Crippen molar-refractivity contribution in [2.24, 2.45) is 0 Å².